The number of aliphatic hydroxyl groups excluding tert-OH is 1. The van der Waals surface area contributed by atoms with E-state index in [2.05, 4.69) is 11.0 Å². The summed E-state index contributed by atoms with van der Waals surface area (Å²) in [5, 5.41) is 9.18. The fourth-order valence-electron chi connectivity index (χ4n) is 2.81. The van der Waals surface area contributed by atoms with Crippen LogP contribution >= 0.6 is 11.8 Å². The van der Waals surface area contributed by atoms with E-state index >= 15 is 0 Å². The Labute approximate surface area is 131 Å². The first-order chi connectivity index (χ1) is 9.92. The highest BCUT2D eigenvalue weighted by Crippen LogP contribution is 2.39. The number of sulfonamides is 1. The average molecular weight is 329 g/mol. The van der Waals surface area contributed by atoms with Gasteiger partial charge in [0.05, 0.1) is 11.5 Å². The second-order valence-corrected chi connectivity index (χ2v) is 8.69. The molecule has 0 spiro atoms. The van der Waals surface area contributed by atoms with E-state index in [-0.39, 0.29) is 16.2 Å². The van der Waals surface area contributed by atoms with Crippen molar-refractivity contribution in [2.24, 2.45) is 0 Å². The smallest absolute Gasteiger partial charge is 0.240 e. The normalized spacial score (nSPS) is 18.0. The SMILES string of the molecule is CSC1(CNS(=O)(=O)c2cc(CO)ccc2C)CCCC1. The van der Waals surface area contributed by atoms with E-state index in [1.807, 2.05) is 0 Å². The Bertz CT molecular complexity index is 593. The number of rotatable bonds is 6. The zero-order valence-electron chi connectivity index (χ0n) is 12.6. The first-order valence-corrected chi connectivity index (χ1v) is 9.88. The Morgan fingerprint density at radius 2 is 2.00 bits per heavy atom. The fourth-order valence-corrected chi connectivity index (χ4v) is 5.23. The van der Waals surface area contributed by atoms with E-state index in [4.69, 9.17) is 0 Å². The third kappa shape index (κ3) is 3.80. The van der Waals surface area contributed by atoms with Crippen molar-refractivity contribution < 1.29 is 13.5 Å². The molecule has 0 saturated heterocycles. The molecule has 2 rings (SSSR count). The fraction of sp³-hybridized carbons (Fsp3) is 0.600. The van der Waals surface area contributed by atoms with Crippen molar-refractivity contribution in [2.45, 2.75) is 48.9 Å². The number of thioether (sulfide) groups is 1. The van der Waals surface area contributed by atoms with Crippen LogP contribution in [0.25, 0.3) is 0 Å². The lowest BCUT2D eigenvalue weighted by atomic mass is 10.1. The van der Waals surface area contributed by atoms with E-state index in [9.17, 15) is 13.5 Å². The molecular formula is C15H23NO3S2. The molecule has 1 saturated carbocycles. The quantitative estimate of drug-likeness (QED) is 0.841. The molecule has 0 amide bonds. The van der Waals surface area contributed by atoms with Gasteiger partial charge in [-0.25, -0.2) is 13.1 Å². The van der Waals surface area contributed by atoms with E-state index in [1.165, 1.54) is 12.8 Å². The van der Waals surface area contributed by atoms with Crippen LogP contribution in [0.4, 0.5) is 0 Å². The molecule has 0 aromatic heterocycles. The van der Waals surface area contributed by atoms with E-state index in [0.29, 0.717) is 17.7 Å². The molecule has 1 aromatic carbocycles. The number of hydrogen-bond donors (Lipinski definition) is 2. The van der Waals surface area contributed by atoms with Crippen molar-refractivity contribution in [2.75, 3.05) is 12.8 Å². The molecule has 0 aliphatic heterocycles. The highest BCUT2D eigenvalue weighted by atomic mass is 32.2. The lowest BCUT2D eigenvalue weighted by molar-refractivity contribution is 0.281. The number of aliphatic hydroxyl groups is 1. The van der Waals surface area contributed by atoms with Crippen LogP contribution in [0.3, 0.4) is 0 Å². The van der Waals surface area contributed by atoms with Crippen LogP contribution in [0, 0.1) is 6.92 Å². The summed E-state index contributed by atoms with van der Waals surface area (Å²) in [7, 11) is -3.53. The summed E-state index contributed by atoms with van der Waals surface area (Å²) in [6.45, 7) is 2.09. The monoisotopic (exact) mass is 329 g/mol. The zero-order valence-corrected chi connectivity index (χ0v) is 14.2. The molecule has 1 fully saturated rings. The third-order valence-electron chi connectivity index (χ3n) is 4.26. The van der Waals surface area contributed by atoms with E-state index in [1.54, 1.807) is 36.9 Å². The van der Waals surface area contributed by atoms with Gasteiger partial charge in [-0.1, -0.05) is 25.0 Å². The molecule has 1 aliphatic carbocycles. The summed E-state index contributed by atoms with van der Waals surface area (Å²) in [6, 6.07) is 5.03. The number of aryl methyl sites for hydroxylation is 1. The van der Waals surface area contributed by atoms with Gasteiger partial charge in [0.25, 0.3) is 0 Å². The highest BCUT2D eigenvalue weighted by Gasteiger charge is 2.34. The predicted octanol–water partition coefficient (Wildman–Crippen LogP) is 2.44. The summed E-state index contributed by atoms with van der Waals surface area (Å²) < 4.78 is 27.9. The first-order valence-electron chi connectivity index (χ1n) is 7.18. The maximum absolute atomic E-state index is 12.5. The minimum atomic E-state index is -3.53. The number of benzene rings is 1. The molecule has 0 unspecified atom stereocenters. The zero-order chi connectivity index (χ0) is 15.5. The van der Waals surface area contributed by atoms with Gasteiger partial charge in [0.2, 0.25) is 10.0 Å². The van der Waals surface area contributed by atoms with Crippen molar-refractivity contribution >= 4 is 21.8 Å². The molecule has 4 nitrogen and oxygen atoms in total. The van der Waals surface area contributed by atoms with Gasteiger partial charge in [-0.2, -0.15) is 11.8 Å². The topological polar surface area (TPSA) is 66.4 Å². The summed E-state index contributed by atoms with van der Waals surface area (Å²) in [5.41, 5.74) is 1.31. The predicted molar refractivity (Wildman–Crippen MR) is 87.0 cm³/mol. The van der Waals surface area contributed by atoms with Crippen LogP contribution in [0.2, 0.25) is 0 Å². The van der Waals surface area contributed by atoms with Crippen LogP contribution in [-0.4, -0.2) is 31.1 Å². The van der Waals surface area contributed by atoms with Crippen molar-refractivity contribution in [3.05, 3.63) is 29.3 Å². The summed E-state index contributed by atoms with van der Waals surface area (Å²) in [6.07, 6.45) is 6.51. The lowest BCUT2D eigenvalue weighted by Gasteiger charge is -2.27. The molecule has 0 heterocycles. The van der Waals surface area contributed by atoms with Crippen LogP contribution in [0.5, 0.6) is 0 Å². The van der Waals surface area contributed by atoms with Crippen LogP contribution < -0.4 is 4.72 Å². The minimum absolute atomic E-state index is 0.0373. The summed E-state index contributed by atoms with van der Waals surface area (Å²) in [5.74, 6) is 0. The average Bonchev–Trinajstić information content (AvgIpc) is 2.95. The van der Waals surface area contributed by atoms with Gasteiger partial charge in [0.1, 0.15) is 0 Å². The van der Waals surface area contributed by atoms with E-state index in [0.717, 1.165) is 12.8 Å². The standard InChI is InChI=1S/C15H23NO3S2/c1-12-5-6-13(10-17)9-14(12)21(18,19)16-11-15(20-2)7-3-4-8-15/h5-6,9,16-17H,3-4,7-8,10-11H2,1-2H3. The van der Waals surface area contributed by atoms with Crippen molar-refractivity contribution in [3.63, 3.8) is 0 Å². The minimum Gasteiger partial charge on any atom is -0.392 e. The van der Waals surface area contributed by atoms with Gasteiger partial charge in [-0.15, -0.1) is 0 Å². The molecule has 1 aromatic rings. The molecule has 6 heteroatoms. The van der Waals surface area contributed by atoms with Gasteiger partial charge in [0, 0.05) is 11.3 Å². The van der Waals surface area contributed by atoms with Gasteiger partial charge >= 0.3 is 0 Å². The summed E-state index contributed by atoms with van der Waals surface area (Å²) >= 11 is 1.76. The maximum atomic E-state index is 12.5. The molecule has 0 atom stereocenters. The molecule has 118 valence electrons. The van der Waals surface area contributed by atoms with Gasteiger partial charge in [-0.05, 0) is 43.2 Å². The first kappa shape index (κ1) is 16.8. The van der Waals surface area contributed by atoms with Crippen molar-refractivity contribution in [1.29, 1.82) is 0 Å². The molecule has 21 heavy (non-hydrogen) atoms. The second kappa shape index (κ2) is 6.69. The van der Waals surface area contributed by atoms with Crippen LogP contribution in [0.15, 0.2) is 23.1 Å². The molecule has 2 N–H and O–H groups in total. The Kier molecular flexibility index (Phi) is 5.35. The van der Waals surface area contributed by atoms with E-state index < -0.39 is 10.0 Å². The van der Waals surface area contributed by atoms with Crippen molar-refractivity contribution in [3.8, 4) is 0 Å². The Morgan fingerprint density at radius 3 is 2.57 bits per heavy atom. The van der Waals surface area contributed by atoms with Gasteiger partial charge < -0.3 is 5.11 Å². The largest absolute Gasteiger partial charge is 0.392 e. The second-order valence-electron chi connectivity index (χ2n) is 5.68. The molecule has 0 bridgehead atoms. The Balaban J connectivity index is 2.18. The molecule has 0 radical (unpaired) electrons. The van der Waals surface area contributed by atoms with Gasteiger partial charge in [0.15, 0.2) is 0 Å². The molecule has 1 aliphatic rings. The number of hydrogen-bond acceptors (Lipinski definition) is 4. The Hall–Kier alpha value is -0.560. The third-order valence-corrected chi connectivity index (χ3v) is 7.22. The maximum Gasteiger partial charge on any atom is 0.240 e. The van der Waals surface area contributed by atoms with Gasteiger partial charge in [-0.3, -0.25) is 0 Å². The lowest BCUT2D eigenvalue weighted by Crippen LogP contribution is -2.38. The summed E-state index contributed by atoms with van der Waals surface area (Å²) in [4.78, 5) is 0.267. The van der Waals surface area contributed by atoms with Crippen LogP contribution in [0.1, 0.15) is 36.8 Å². The molecular weight excluding hydrogens is 306 g/mol. The highest BCUT2D eigenvalue weighted by molar-refractivity contribution is 8.00. The number of nitrogens with one attached hydrogen (secondary N) is 1. The Morgan fingerprint density at radius 1 is 1.33 bits per heavy atom. The van der Waals surface area contributed by atoms with Crippen molar-refractivity contribution in [1.82, 2.24) is 4.72 Å². The van der Waals surface area contributed by atoms with Crippen LogP contribution in [-0.2, 0) is 16.6 Å².